The van der Waals surface area contributed by atoms with Crippen LogP contribution >= 0.6 is 0 Å². The molecular weight excluding hydrogens is 306 g/mol. The fraction of sp³-hybridized carbons (Fsp3) is 0.214. The van der Waals surface area contributed by atoms with Crippen molar-refractivity contribution in [1.29, 1.82) is 0 Å². The van der Waals surface area contributed by atoms with Crippen LogP contribution in [0.3, 0.4) is 0 Å². The molecule has 0 fully saturated rings. The number of hydrogen-bond acceptors (Lipinski definition) is 8. The summed E-state index contributed by atoms with van der Waals surface area (Å²) in [5, 5.41) is 11.3. The van der Waals surface area contributed by atoms with E-state index in [-0.39, 0.29) is 28.9 Å². The van der Waals surface area contributed by atoms with E-state index in [1.54, 1.807) is 0 Å². The second kappa shape index (κ2) is 6.69. The predicted octanol–water partition coefficient (Wildman–Crippen LogP) is 1.64. The maximum atomic E-state index is 12.6. The van der Waals surface area contributed by atoms with Crippen LogP contribution in [-0.2, 0) is 0 Å². The molecule has 0 N–H and O–H groups in total. The minimum atomic E-state index is -0.743. The zero-order valence-electron chi connectivity index (χ0n) is 12.6. The molecule has 1 heterocycles. The summed E-state index contributed by atoms with van der Waals surface area (Å²) in [5.41, 5.74) is -0.643. The van der Waals surface area contributed by atoms with Gasteiger partial charge in [0.25, 0.3) is 0 Å². The molecule has 9 nitrogen and oxygen atoms in total. The molecule has 1 aromatic heterocycles. The molecule has 2 aromatic rings. The maximum absolute atomic E-state index is 12.6. The monoisotopic (exact) mass is 319 g/mol. The minimum absolute atomic E-state index is 0.0317. The second-order valence-corrected chi connectivity index (χ2v) is 4.22. The molecular formula is C14H13N3O6. The van der Waals surface area contributed by atoms with Crippen LogP contribution < -0.4 is 14.2 Å². The van der Waals surface area contributed by atoms with Gasteiger partial charge in [0.15, 0.2) is 5.75 Å². The third-order valence-electron chi connectivity index (χ3n) is 2.95. The first-order valence-corrected chi connectivity index (χ1v) is 6.35. The van der Waals surface area contributed by atoms with Crippen molar-refractivity contribution in [3.63, 3.8) is 0 Å². The molecule has 0 aliphatic heterocycles. The van der Waals surface area contributed by atoms with Crippen LogP contribution in [0, 0.1) is 10.1 Å². The molecule has 0 unspecified atom stereocenters. The van der Waals surface area contributed by atoms with E-state index in [9.17, 15) is 14.9 Å². The van der Waals surface area contributed by atoms with Crippen LogP contribution in [-0.4, -0.2) is 42.0 Å². The summed E-state index contributed by atoms with van der Waals surface area (Å²) in [4.78, 5) is 31.0. The van der Waals surface area contributed by atoms with Crippen molar-refractivity contribution in [2.75, 3.05) is 21.3 Å². The molecule has 0 saturated heterocycles. The highest BCUT2D eigenvalue weighted by molar-refractivity contribution is 6.10. The van der Waals surface area contributed by atoms with E-state index in [1.165, 1.54) is 45.6 Å². The van der Waals surface area contributed by atoms with Gasteiger partial charge in [-0.3, -0.25) is 14.9 Å². The molecule has 2 rings (SSSR count). The van der Waals surface area contributed by atoms with E-state index in [0.717, 1.165) is 0 Å². The Balaban J connectivity index is 2.59. The lowest BCUT2D eigenvalue weighted by molar-refractivity contribution is -0.386. The summed E-state index contributed by atoms with van der Waals surface area (Å²) in [6, 6.07) is 5.55. The molecule has 1 aromatic carbocycles. The Morgan fingerprint density at radius 1 is 1.09 bits per heavy atom. The molecule has 120 valence electrons. The lowest BCUT2D eigenvalue weighted by atomic mass is 10.1. The zero-order valence-corrected chi connectivity index (χ0v) is 12.6. The SMILES string of the molecule is COc1cc(OC)nc(C(=O)c2cccc(OC)c2[N+](=O)[O-])n1. The van der Waals surface area contributed by atoms with Gasteiger partial charge in [0.2, 0.25) is 23.4 Å². The fourth-order valence-electron chi connectivity index (χ4n) is 1.89. The van der Waals surface area contributed by atoms with Crippen molar-refractivity contribution < 1.29 is 23.9 Å². The van der Waals surface area contributed by atoms with Gasteiger partial charge in [-0.15, -0.1) is 0 Å². The molecule has 0 radical (unpaired) electrons. The summed E-state index contributed by atoms with van der Waals surface area (Å²) >= 11 is 0. The maximum Gasteiger partial charge on any atom is 0.322 e. The summed E-state index contributed by atoms with van der Waals surface area (Å²) < 4.78 is 14.9. The number of benzene rings is 1. The predicted molar refractivity (Wildman–Crippen MR) is 78.2 cm³/mol. The van der Waals surface area contributed by atoms with Crippen LogP contribution in [0.1, 0.15) is 16.2 Å². The van der Waals surface area contributed by atoms with Crippen molar-refractivity contribution in [3.05, 3.63) is 45.8 Å². The molecule has 0 amide bonds. The van der Waals surface area contributed by atoms with E-state index in [0.29, 0.717) is 0 Å². The molecule has 23 heavy (non-hydrogen) atoms. The number of nitro groups is 1. The van der Waals surface area contributed by atoms with Crippen LogP contribution in [0.2, 0.25) is 0 Å². The molecule has 0 bridgehead atoms. The van der Waals surface area contributed by atoms with Gasteiger partial charge in [0, 0.05) is 0 Å². The molecule has 0 aliphatic rings. The summed E-state index contributed by atoms with van der Waals surface area (Å²) in [6.45, 7) is 0. The molecule has 0 atom stereocenters. The summed E-state index contributed by atoms with van der Waals surface area (Å²) in [7, 11) is 4.01. The first-order valence-electron chi connectivity index (χ1n) is 6.35. The van der Waals surface area contributed by atoms with Gasteiger partial charge < -0.3 is 14.2 Å². The fourth-order valence-corrected chi connectivity index (χ4v) is 1.89. The Hall–Kier alpha value is -3.23. The molecule has 0 spiro atoms. The summed E-state index contributed by atoms with van der Waals surface area (Å²) in [6.07, 6.45) is 0. The number of carbonyl (C=O) groups is 1. The number of ketones is 1. The number of nitro benzene ring substituents is 1. The van der Waals surface area contributed by atoms with Gasteiger partial charge in [0.05, 0.1) is 32.3 Å². The quantitative estimate of drug-likeness (QED) is 0.448. The van der Waals surface area contributed by atoms with Crippen LogP contribution in [0.5, 0.6) is 17.5 Å². The van der Waals surface area contributed by atoms with Crippen molar-refractivity contribution in [2.24, 2.45) is 0 Å². The lowest BCUT2D eigenvalue weighted by Gasteiger charge is -2.07. The van der Waals surface area contributed by atoms with Gasteiger partial charge in [-0.05, 0) is 12.1 Å². The number of ether oxygens (including phenoxy) is 3. The topological polar surface area (TPSA) is 114 Å². The van der Waals surface area contributed by atoms with Gasteiger partial charge in [0.1, 0.15) is 5.56 Å². The van der Waals surface area contributed by atoms with Crippen LogP contribution in [0.25, 0.3) is 0 Å². The van der Waals surface area contributed by atoms with Crippen molar-refractivity contribution in [3.8, 4) is 17.5 Å². The lowest BCUT2D eigenvalue weighted by Crippen LogP contribution is -2.11. The molecule has 0 saturated carbocycles. The van der Waals surface area contributed by atoms with E-state index in [1.807, 2.05) is 0 Å². The Kier molecular flexibility index (Phi) is 4.69. The second-order valence-electron chi connectivity index (χ2n) is 4.22. The third-order valence-corrected chi connectivity index (χ3v) is 2.95. The van der Waals surface area contributed by atoms with Crippen molar-refractivity contribution in [2.45, 2.75) is 0 Å². The smallest absolute Gasteiger partial charge is 0.322 e. The first kappa shape index (κ1) is 16.1. The number of nitrogens with zero attached hydrogens (tertiary/aromatic N) is 3. The zero-order chi connectivity index (χ0) is 17.0. The average molecular weight is 319 g/mol. The Bertz CT molecular complexity index is 740. The Morgan fingerprint density at radius 3 is 2.17 bits per heavy atom. The van der Waals surface area contributed by atoms with E-state index >= 15 is 0 Å². The van der Waals surface area contributed by atoms with E-state index in [2.05, 4.69) is 9.97 Å². The van der Waals surface area contributed by atoms with Crippen molar-refractivity contribution in [1.82, 2.24) is 9.97 Å². The number of hydrogen-bond donors (Lipinski definition) is 0. The highest BCUT2D eigenvalue weighted by atomic mass is 16.6. The third kappa shape index (κ3) is 3.18. The number of methoxy groups -OCH3 is 3. The minimum Gasteiger partial charge on any atom is -0.490 e. The average Bonchev–Trinajstić information content (AvgIpc) is 2.59. The van der Waals surface area contributed by atoms with E-state index < -0.39 is 16.4 Å². The Morgan fingerprint density at radius 2 is 1.70 bits per heavy atom. The number of rotatable bonds is 6. The first-order chi connectivity index (χ1) is 11.0. The largest absolute Gasteiger partial charge is 0.490 e. The van der Waals surface area contributed by atoms with Gasteiger partial charge in [-0.2, -0.15) is 9.97 Å². The highest BCUT2D eigenvalue weighted by Crippen LogP contribution is 2.32. The van der Waals surface area contributed by atoms with Gasteiger partial charge in [-0.1, -0.05) is 6.07 Å². The van der Waals surface area contributed by atoms with Crippen LogP contribution in [0.15, 0.2) is 24.3 Å². The molecule has 0 aliphatic carbocycles. The highest BCUT2D eigenvalue weighted by Gasteiger charge is 2.28. The van der Waals surface area contributed by atoms with E-state index in [4.69, 9.17) is 14.2 Å². The number of aromatic nitrogens is 2. The normalized spacial score (nSPS) is 10.0. The van der Waals surface area contributed by atoms with Gasteiger partial charge in [-0.25, -0.2) is 0 Å². The van der Waals surface area contributed by atoms with Crippen LogP contribution in [0.4, 0.5) is 5.69 Å². The van der Waals surface area contributed by atoms with Crippen molar-refractivity contribution >= 4 is 11.5 Å². The number of carbonyl (C=O) groups excluding carboxylic acids is 1. The number of para-hydroxylation sites is 1. The van der Waals surface area contributed by atoms with Gasteiger partial charge >= 0.3 is 5.69 Å². The standard InChI is InChI=1S/C14H13N3O6/c1-21-9-6-4-5-8(12(9)17(19)20)13(18)14-15-10(22-2)7-11(16-14)23-3/h4-7H,1-3H3. The Labute approximate surface area is 131 Å². The summed E-state index contributed by atoms with van der Waals surface area (Å²) in [5.74, 6) is -0.849. The molecule has 9 heteroatoms.